The van der Waals surface area contributed by atoms with E-state index in [9.17, 15) is 22.8 Å². The molecule has 0 saturated heterocycles. The number of rotatable bonds is 4. The highest BCUT2D eigenvalue weighted by Crippen LogP contribution is 2.59. The van der Waals surface area contributed by atoms with Crippen molar-refractivity contribution in [2.45, 2.75) is 50.4 Å². The molecule has 3 aromatic heterocycles. The van der Waals surface area contributed by atoms with Crippen molar-refractivity contribution in [1.29, 1.82) is 0 Å². The van der Waals surface area contributed by atoms with E-state index < -0.39 is 23.7 Å². The molecule has 40 heavy (non-hydrogen) atoms. The lowest BCUT2D eigenvalue weighted by Gasteiger charge is -2.33. The van der Waals surface area contributed by atoms with Crippen molar-refractivity contribution in [2.75, 3.05) is 12.4 Å². The molecule has 0 spiro atoms. The average Bonchev–Trinajstić information content (AvgIpc) is 3.45. The van der Waals surface area contributed by atoms with Crippen molar-refractivity contribution >= 4 is 28.8 Å². The lowest BCUT2D eigenvalue weighted by Crippen LogP contribution is -2.43. The highest BCUT2D eigenvalue weighted by atomic mass is 19.4. The van der Waals surface area contributed by atoms with Crippen molar-refractivity contribution in [3.05, 3.63) is 59.9 Å². The maximum atomic E-state index is 13.4. The molecule has 0 radical (unpaired) electrons. The van der Waals surface area contributed by atoms with Gasteiger partial charge in [0.15, 0.2) is 11.6 Å². The second kappa shape index (κ2) is 9.24. The Hall–Kier alpha value is -4.62. The van der Waals surface area contributed by atoms with Crippen LogP contribution in [0.4, 0.5) is 28.6 Å². The number of hydrogen-bond donors (Lipinski definition) is 1. The third kappa shape index (κ3) is 4.28. The summed E-state index contributed by atoms with van der Waals surface area (Å²) >= 11 is 0. The van der Waals surface area contributed by atoms with Crippen molar-refractivity contribution in [3.63, 3.8) is 0 Å². The Morgan fingerprint density at radius 2 is 1.98 bits per heavy atom. The molecular weight excluding hydrogens is 533 g/mol. The number of anilines is 1. The minimum atomic E-state index is -4.45. The van der Waals surface area contributed by atoms with Crippen LogP contribution in [0.3, 0.4) is 0 Å². The first-order valence-electron chi connectivity index (χ1n) is 12.4. The number of benzene rings is 1. The molecular formula is C26H23F3N6O5. The largest absolute Gasteiger partial charge is 0.453 e. The minimum Gasteiger partial charge on any atom is -0.453 e. The topological polar surface area (TPSA) is 125 Å². The van der Waals surface area contributed by atoms with Gasteiger partial charge in [0.2, 0.25) is 5.88 Å². The first-order chi connectivity index (χ1) is 19.1. The number of carbonyl (C=O) groups is 2. The number of nitrogens with one attached hydrogen (secondary N) is 1. The van der Waals surface area contributed by atoms with Crippen LogP contribution in [0, 0.1) is 0 Å². The van der Waals surface area contributed by atoms with Crippen molar-refractivity contribution < 1.29 is 36.8 Å². The van der Waals surface area contributed by atoms with Crippen molar-refractivity contribution in [2.24, 2.45) is 0 Å². The van der Waals surface area contributed by atoms with Crippen LogP contribution in [-0.4, -0.2) is 56.0 Å². The Morgan fingerprint density at radius 3 is 2.70 bits per heavy atom. The molecule has 14 heteroatoms. The molecule has 0 unspecified atom stereocenters. The van der Waals surface area contributed by atoms with E-state index in [0.717, 1.165) is 11.6 Å². The number of nitrogens with zero attached hydrogens (tertiary/aromatic N) is 5. The quantitative estimate of drug-likeness (QED) is 0.354. The molecule has 208 valence electrons. The molecule has 11 nitrogen and oxygen atoms in total. The molecule has 1 atom stereocenters. The molecule has 1 aromatic carbocycles. The van der Waals surface area contributed by atoms with Crippen molar-refractivity contribution in [1.82, 2.24) is 24.6 Å². The Morgan fingerprint density at radius 1 is 1.18 bits per heavy atom. The van der Waals surface area contributed by atoms with Gasteiger partial charge in [-0.1, -0.05) is 5.16 Å². The summed E-state index contributed by atoms with van der Waals surface area (Å²) < 4.78 is 57.3. The molecule has 1 saturated carbocycles. The van der Waals surface area contributed by atoms with Gasteiger partial charge in [0, 0.05) is 29.3 Å². The van der Waals surface area contributed by atoms with Gasteiger partial charge < -0.3 is 14.0 Å². The molecule has 2 aliphatic rings. The van der Waals surface area contributed by atoms with Gasteiger partial charge in [-0.15, -0.1) is 0 Å². The van der Waals surface area contributed by atoms with E-state index in [1.165, 1.54) is 24.2 Å². The normalized spacial score (nSPS) is 17.8. The molecule has 1 aliphatic carbocycles. The molecule has 4 heterocycles. The monoisotopic (exact) mass is 556 g/mol. The summed E-state index contributed by atoms with van der Waals surface area (Å²) in [6.45, 7) is 2.17. The van der Waals surface area contributed by atoms with Gasteiger partial charge in [-0.25, -0.2) is 19.6 Å². The number of fused-ring (bicyclic) bond motifs is 2. The van der Waals surface area contributed by atoms with E-state index in [1.54, 1.807) is 29.2 Å². The lowest BCUT2D eigenvalue weighted by molar-refractivity contribution is -0.165. The highest BCUT2D eigenvalue weighted by Gasteiger charge is 2.67. The molecule has 2 amide bonds. The number of halogens is 3. The number of hydrogen-bond acceptors (Lipinski definition) is 8. The zero-order chi connectivity index (χ0) is 28.2. The van der Waals surface area contributed by atoms with Gasteiger partial charge in [-0.3, -0.25) is 14.8 Å². The summed E-state index contributed by atoms with van der Waals surface area (Å²) in [4.78, 5) is 35.1. The fourth-order valence-electron chi connectivity index (χ4n) is 4.94. The third-order valence-corrected chi connectivity index (χ3v) is 7.36. The number of aromatic nitrogens is 4. The summed E-state index contributed by atoms with van der Waals surface area (Å²) in [7, 11) is 1.33. The standard InChI is InChI=1S/C26H23F3N6O5/c1-14-9-17-18(12-35(14)24(37)38-2)30-13-31-22(17)39-16-3-4-19-15(10-16)5-8-34(19)23(36)32-21-11-20(40-33-21)25(6-7-25)26(27,28)29/h3-5,8,10-11,13-14H,6-7,9,12H2,1-2H3,(H,32,33,36)/t14-/m0/s1. The van der Waals surface area contributed by atoms with E-state index in [2.05, 4.69) is 20.4 Å². The minimum absolute atomic E-state index is 0.0749. The highest BCUT2D eigenvalue weighted by molar-refractivity contribution is 5.98. The predicted octanol–water partition coefficient (Wildman–Crippen LogP) is 5.40. The average molecular weight is 557 g/mol. The molecule has 1 fully saturated rings. The Balaban J connectivity index is 1.19. The Kier molecular flexibility index (Phi) is 5.93. The molecule has 1 N–H and O–H groups in total. The van der Waals surface area contributed by atoms with Gasteiger partial charge in [-0.05, 0) is 50.5 Å². The number of carbonyl (C=O) groups excluding carboxylic acids is 2. The Bertz CT molecular complexity index is 1630. The van der Waals surface area contributed by atoms with Gasteiger partial charge in [0.05, 0.1) is 24.9 Å². The summed E-state index contributed by atoms with van der Waals surface area (Å²) in [6, 6.07) is 7.13. The van der Waals surface area contributed by atoms with Crippen LogP contribution in [-0.2, 0) is 23.1 Å². The smallest absolute Gasteiger partial charge is 0.410 e. The van der Waals surface area contributed by atoms with Crippen LogP contribution < -0.4 is 10.1 Å². The van der Waals surface area contributed by atoms with Gasteiger partial charge in [0.1, 0.15) is 17.5 Å². The third-order valence-electron chi connectivity index (χ3n) is 7.36. The van der Waals surface area contributed by atoms with Gasteiger partial charge >= 0.3 is 18.3 Å². The van der Waals surface area contributed by atoms with E-state index in [1.807, 2.05) is 6.92 Å². The van der Waals surface area contributed by atoms with E-state index in [-0.39, 0.29) is 37.0 Å². The molecule has 6 rings (SSSR count). The van der Waals surface area contributed by atoms with Crippen LogP contribution in [0.5, 0.6) is 11.6 Å². The van der Waals surface area contributed by atoms with Crippen LogP contribution in [0.1, 0.15) is 36.8 Å². The molecule has 4 aromatic rings. The van der Waals surface area contributed by atoms with Gasteiger partial charge in [0.25, 0.3) is 0 Å². The maximum Gasteiger partial charge on any atom is 0.410 e. The number of methoxy groups -OCH3 is 1. The van der Waals surface area contributed by atoms with Crippen LogP contribution in [0.25, 0.3) is 10.9 Å². The second-order valence-corrected chi connectivity index (χ2v) is 9.85. The molecule has 1 aliphatic heterocycles. The first-order valence-corrected chi connectivity index (χ1v) is 12.4. The maximum absolute atomic E-state index is 13.4. The summed E-state index contributed by atoms with van der Waals surface area (Å²) in [6.07, 6.45) is -1.66. The van der Waals surface area contributed by atoms with Crippen LogP contribution in [0.15, 0.2) is 47.4 Å². The molecule has 0 bridgehead atoms. The fourth-order valence-corrected chi connectivity index (χ4v) is 4.94. The Labute approximate surface area is 224 Å². The zero-order valence-electron chi connectivity index (χ0n) is 21.4. The van der Waals surface area contributed by atoms with Crippen LogP contribution in [0.2, 0.25) is 0 Å². The van der Waals surface area contributed by atoms with Crippen molar-refractivity contribution in [3.8, 4) is 11.6 Å². The van der Waals surface area contributed by atoms with E-state index >= 15 is 0 Å². The summed E-state index contributed by atoms with van der Waals surface area (Å²) in [5, 5.41) is 6.77. The lowest BCUT2D eigenvalue weighted by atomic mass is 10.00. The zero-order valence-corrected chi connectivity index (χ0v) is 21.4. The SMILES string of the molecule is COC(=O)N1Cc2ncnc(Oc3ccc4c(ccn4C(=O)Nc4cc(C5(C(F)(F)F)CC5)on4)c3)c2C[C@@H]1C. The fraction of sp³-hybridized carbons (Fsp3) is 0.346. The second-order valence-electron chi connectivity index (χ2n) is 9.85. The number of ether oxygens (including phenoxy) is 2. The summed E-state index contributed by atoms with van der Waals surface area (Å²) in [5.41, 5.74) is -0.0372. The van der Waals surface area contributed by atoms with Gasteiger partial charge in [-0.2, -0.15) is 13.2 Å². The predicted molar refractivity (Wildman–Crippen MR) is 133 cm³/mol. The number of amides is 2. The summed E-state index contributed by atoms with van der Waals surface area (Å²) in [5.74, 6) is 0.421. The van der Waals surface area contributed by atoms with E-state index in [4.69, 9.17) is 14.0 Å². The first kappa shape index (κ1) is 25.6. The van der Waals surface area contributed by atoms with Crippen LogP contribution >= 0.6 is 0 Å². The number of alkyl halides is 3. The van der Waals surface area contributed by atoms with E-state index in [0.29, 0.717) is 34.6 Å².